The van der Waals surface area contributed by atoms with Crippen LogP contribution in [0.25, 0.3) is 0 Å². The van der Waals surface area contributed by atoms with Crippen LogP contribution >= 0.6 is 0 Å². The number of carbonyl (C=O) groups is 1. The van der Waals surface area contributed by atoms with Gasteiger partial charge in [-0.3, -0.25) is 4.79 Å². The minimum atomic E-state index is -1.62. The Morgan fingerprint density at radius 3 is 1.53 bits per heavy atom. The molecule has 1 amide bonds. The van der Waals surface area contributed by atoms with Gasteiger partial charge in [-0.05, 0) is 77.0 Å². The summed E-state index contributed by atoms with van der Waals surface area (Å²) in [5, 5.41) is 64.7. The van der Waals surface area contributed by atoms with Crippen molar-refractivity contribution >= 4 is 5.91 Å². The van der Waals surface area contributed by atoms with Crippen molar-refractivity contribution in [3.63, 3.8) is 0 Å². The molecule has 1 fully saturated rings. The van der Waals surface area contributed by atoms with Gasteiger partial charge in [-0.1, -0.05) is 184 Å². The van der Waals surface area contributed by atoms with Gasteiger partial charge in [-0.25, -0.2) is 0 Å². The van der Waals surface area contributed by atoms with Crippen molar-refractivity contribution in [2.24, 2.45) is 0 Å². The second-order valence-corrected chi connectivity index (χ2v) is 17.4. The summed E-state index contributed by atoms with van der Waals surface area (Å²) in [5.41, 5.74) is 0. The van der Waals surface area contributed by atoms with Crippen LogP contribution < -0.4 is 5.32 Å². The summed E-state index contributed by atoms with van der Waals surface area (Å²) in [4.78, 5) is 13.1. The van der Waals surface area contributed by atoms with E-state index in [0.717, 1.165) is 57.8 Å². The lowest BCUT2D eigenvalue weighted by Crippen LogP contribution is -2.60. The third-order valence-corrected chi connectivity index (χ3v) is 11.7. The standard InChI is InChI=1S/C52H93NO9/c1-3-5-7-9-11-13-15-17-18-19-20-21-22-23-24-25-26-27-29-31-33-35-37-39-41-46(56)51(60)53-44(43-61-52-50(59)49(58)48(57)47(42-54)62-52)45(55)40-38-36-34-32-30-28-16-14-12-10-8-6-4-2/h12,14,20-21,23-24,30,32,38,40,44-50,52,54-59H,3-11,13,15-19,22,25-29,31,33-37,39,41-43H2,1-2H3,(H,53,60)/b14-12+,21-20-,24-23-,32-30+,40-38+. The van der Waals surface area contributed by atoms with Crippen LogP contribution in [0.5, 0.6) is 0 Å². The lowest BCUT2D eigenvalue weighted by Gasteiger charge is -2.40. The average molecular weight is 876 g/mol. The molecule has 0 aromatic rings. The number of allylic oxidation sites excluding steroid dienone is 9. The molecule has 1 rings (SSSR count). The van der Waals surface area contributed by atoms with Crippen molar-refractivity contribution in [2.45, 2.75) is 249 Å². The van der Waals surface area contributed by atoms with Crippen molar-refractivity contribution in [1.29, 1.82) is 0 Å². The van der Waals surface area contributed by atoms with E-state index >= 15 is 0 Å². The van der Waals surface area contributed by atoms with Gasteiger partial charge in [0.05, 0.1) is 25.4 Å². The third-order valence-electron chi connectivity index (χ3n) is 11.7. The van der Waals surface area contributed by atoms with E-state index in [1.807, 2.05) is 6.08 Å². The van der Waals surface area contributed by atoms with Crippen LogP contribution in [-0.4, -0.2) is 98.7 Å². The Bertz CT molecular complexity index is 1170. The lowest BCUT2D eigenvalue weighted by atomic mass is 9.99. The summed E-state index contributed by atoms with van der Waals surface area (Å²) in [7, 11) is 0. The molecule has 0 bridgehead atoms. The van der Waals surface area contributed by atoms with Gasteiger partial charge in [0.25, 0.3) is 0 Å². The normalized spacial score (nSPS) is 21.3. The molecule has 1 saturated heterocycles. The van der Waals surface area contributed by atoms with Crippen molar-refractivity contribution in [3.8, 4) is 0 Å². The van der Waals surface area contributed by atoms with E-state index in [1.54, 1.807) is 6.08 Å². The molecule has 1 aliphatic rings. The van der Waals surface area contributed by atoms with E-state index in [0.29, 0.717) is 19.3 Å². The van der Waals surface area contributed by atoms with E-state index < -0.39 is 61.5 Å². The van der Waals surface area contributed by atoms with Crippen LogP contribution in [0.2, 0.25) is 0 Å². The van der Waals surface area contributed by atoms with Gasteiger partial charge >= 0.3 is 0 Å². The fraction of sp³-hybridized carbons (Fsp3) is 0.788. The number of ether oxygens (including phenoxy) is 2. The van der Waals surface area contributed by atoms with Gasteiger partial charge in [0, 0.05) is 0 Å². The van der Waals surface area contributed by atoms with Gasteiger partial charge in [0.15, 0.2) is 6.29 Å². The fourth-order valence-electron chi connectivity index (χ4n) is 7.52. The van der Waals surface area contributed by atoms with Crippen LogP contribution in [0, 0.1) is 0 Å². The molecule has 0 radical (unpaired) electrons. The molecule has 10 nitrogen and oxygen atoms in total. The zero-order valence-electron chi connectivity index (χ0n) is 39.2. The summed E-state index contributed by atoms with van der Waals surface area (Å²) < 4.78 is 11.1. The first-order valence-corrected chi connectivity index (χ1v) is 25.1. The first kappa shape index (κ1) is 57.9. The highest BCUT2D eigenvalue weighted by molar-refractivity contribution is 5.80. The molecule has 0 aliphatic carbocycles. The monoisotopic (exact) mass is 876 g/mol. The second kappa shape index (κ2) is 41.5. The minimum absolute atomic E-state index is 0.291. The minimum Gasteiger partial charge on any atom is -0.394 e. The van der Waals surface area contributed by atoms with Crippen molar-refractivity contribution in [2.75, 3.05) is 13.2 Å². The number of nitrogens with one attached hydrogen (secondary N) is 1. The molecule has 7 N–H and O–H groups in total. The van der Waals surface area contributed by atoms with Gasteiger partial charge in [-0.15, -0.1) is 0 Å². The molecule has 62 heavy (non-hydrogen) atoms. The Morgan fingerprint density at radius 1 is 0.565 bits per heavy atom. The molecule has 8 atom stereocenters. The highest BCUT2D eigenvalue weighted by atomic mass is 16.7. The van der Waals surface area contributed by atoms with E-state index in [2.05, 4.69) is 67.8 Å². The summed E-state index contributed by atoms with van der Waals surface area (Å²) in [6.45, 7) is 3.54. The summed E-state index contributed by atoms with van der Waals surface area (Å²) in [6.07, 6.45) is 44.6. The van der Waals surface area contributed by atoms with Crippen LogP contribution in [0.1, 0.15) is 200 Å². The zero-order chi connectivity index (χ0) is 45.3. The van der Waals surface area contributed by atoms with Gasteiger partial charge < -0.3 is 45.4 Å². The Morgan fingerprint density at radius 2 is 1.00 bits per heavy atom. The highest BCUT2D eigenvalue weighted by Crippen LogP contribution is 2.22. The average Bonchev–Trinajstić information content (AvgIpc) is 3.27. The number of hydrogen-bond donors (Lipinski definition) is 7. The maximum Gasteiger partial charge on any atom is 0.249 e. The van der Waals surface area contributed by atoms with Gasteiger partial charge in [-0.2, -0.15) is 0 Å². The van der Waals surface area contributed by atoms with Crippen LogP contribution in [-0.2, 0) is 14.3 Å². The highest BCUT2D eigenvalue weighted by Gasteiger charge is 2.44. The van der Waals surface area contributed by atoms with Gasteiger partial charge in [0.2, 0.25) is 5.91 Å². The summed E-state index contributed by atoms with van der Waals surface area (Å²) in [6, 6.07) is -1.01. The summed E-state index contributed by atoms with van der Waals surface area (Å²) >= 11 is 0. The molecular weight excluding hydrogens is 783 g/mol. The molecule has 0 aromatic carbocycles. The number of amides is 1. The molecular formula is C52H93NO9. The summed E-state index contributed by atoms with van der Waals surface area (Å²) in [5.74, 6) is -0.638. The molecule has 10 heteroatoms. The third kappa shape index (κ3) is 30.8. The van der Waals surface area contributed by atoms with E-state index in [1.165, 1.54) is 109 Å². The van der Waals surface area contributed by atoms with Crippen LogP contribution in [0.3, 0.4) is 0 Å². The molecule has 0 saturated carbocycles. The fourth-order valence-corrected chi connectivity index (χ4v) is 7.52. The molecule has 8 unspecified atom stereocenters. The Kier molecular flexibility index (Phi) is 38.8. The van der Waals surface area contributed by atoms with Crippen LogP contribution in [0.15, 0.2) is 60.8 Å². The predicted molar refractivity (Wildman–Crippen MR) is 255 cm³/mol. The number of hydrogen-bond acceptors (Lipinski definition) is 9. The van der Waals surface area contributed by atoms with E-state index in [-0.39, 0.29) is 6.61 Å². The smallest absolute Gasteiger partial charge is 0.249 e. The maximum atomic E-state index is 13.1. The van der Waals surface area contributed by atoms with Crippen molar-refractivity contribution in [1.82, 2.24) is 5.32 Å². The topological polar surface area (TPSA) is 169 Å². The maximum absolute atomic E-state index is 13.1. The van der Waals surface area contributed by atoms with E-state index in [9.17, 15) is 35.4 Å². The Balaban J connectivity index is 2.34. The van der Waals surface area contributed by atoms with Gasteiger partial charge in [0.1, 0.15) is 30.5 Å². The first-order chi connectivity index (χ1) is 30.3. The number of carbonyl (C=O) groups excluding carboxylic acids is 1. The largest absolute Gasteiger partial charge is 0.394 e. The Hall–Kier alpha value is -2.15. The lowest BCUT2D eigenvalue weighted by molar-refractivity contribution is -0.302. The number of aliphatic hydroxyl groups excluding tert-OH is 6. The molecule has 0 spiro atoms. The van der Waals surface area contributed by atoms with E-state index in [4.69, 9.17) is 9.47 Å². The number of rotatable bonds is 41. The van der Waals surface area contributed by atoms with Crippen molar-refractivity contribution < 1.29 is 44.9 Å². The molecule has 0 aromatic heterocycles. The second-order valence-electron chi connectivity index (χ2n) is 17.4. The van der Waals surface area contributed by atoms with Crippen molar-refractivity contribution in [3.05, 3.63) is 60.8 Å². The molecule has 1 heterocycles. The number of aliphatic hydroxyl groups is 6. The quantitative estimate of drug-likeness (QED) is 0.0234. The van der Waals surface area contributed by atoms with Crippen LogP contribution in [0.4, 0.5) is 0 Å². The Labute approximate surface area is 378 Å². The molecule has 360 valence electrons. The zero-order valence-corrected chi connectivity index (χ0v) is 39.2. The number of unbranched alkanes of at least 4 members (excludes halogenated alkanes) is 22. The molecule has 1 aliphatic heterocycles. The first-order valence-electron chi connectivity index (χ1n) is 25.1. The predicted octanol–water partition coefficient (Wildman–Crippen LogP) is 10.1. The SMILES string of the molecule is CCCCC/C=C/CC/C=C/CC/C=C/C(O)C(COC1OC(CO)C(O)C(O)C1O)NC(=O)C(O)CCCCCCCCCC/C=C\C/C=C\CCCCCCCCCCC.